The smallest absolute Gasteiger partial charge is 0.410 e. The molecule has 9 nitrogen and oxygen atoms in total. The monoisotopic (exact) mass is 559 g/mol. The lowest BCUT2D eigenvalue weighted by molar-refractivity contribution is -0.122. The van der Waals surface area contributed by atoms with Crippen LogP contribution in [0.3, 0.4) is 0 Å². The number of carbonyl (C=O) groups excluding carboxylic acids is 2. The molecule has 1 amide bonds. The van der Waals surface area contributed by atoms with Crippen molar-refractivity contribution in [2.24, 2.45) is 0 Å². The first kappa shape index (κ1) is 27.6. The Balaban J connectivity index is 1.54. The molecule has 200 valence electrons. The second-order valence-corrected chi connectivity index (χ2v) is 9.66. The third-order valence-corrected chi connectivity index (χ3v) is 6.83. The van der Waals surface area contributed by atoms with Gasteiger partial charge in [-0.25, -0.2) is 9.78 Å². The largest absolute Gasteiger partial charge is 0.456 e. The fraction of sp³-hybridized carbons (Fsp3) is 0.333. The summed E-state index contributed by atoms with van der Waals surface area (Å²) in [6.07, 6.45) is 3.36. The number of ketones is 1. The number of benzene rings is 2. The highest BCUT2D eigenvalue weighted by molar-refractivity contribution is 6.32. The Morgan fingerprint density at radius 3 is 2.68 bits per heavy atom. The van der Waals surface area contributed by atoms with Gasteiger partial charge < -0.3 is 19.1 Å². The van der Waals surface area contributed by atoms with Gasteiger partial charge in [-0.3, -0.25) is 14.2 Å². The second-order valence-electron chi connectivity index (χ2n) is 8.82. The van der Waals surface area contributed by atoms with Crippen LogP contribution in [0.2, 0.25) is 10.0 Å². The minimum absolute atomic E-state index is 0.00226. The van der Waals surface area contributed by atoms with E-state index in [4.69, 9.17) is 37.4 Å². The van der Waals surface area contributed by atoms with Gasteiger partial charge in [0.1, 0.15) is 18.1 Å². The normalized spacial score (nSPS) is 17.3. The second kappa shape index (κ2) is 12.4. The van der Waals surface area contributed by atoms with Gasteiger partial charge in [-0.05, 0) is 49.2 Å². The van der Waals surface area contributed by atoms with E-state index in [0.717, 1.165) is 6.42 Å². The number of Topliss-reactive ketones (excluding diaryl/α,β-unsaturated/α-hetero) is 1. The molecule has 1 fully saturated rings. The molecule has 1 aromatic heterocycles. The fourth-order valence-electron chi connectivity index (χ4n) is 4.45. The molecule has 2 heterocycles. The zero-order valence-corrected chi connectivity index (χ0v) is 22.3. The molecule has 0 bridgehead atoms. The molecule has 4 rings (SSSR count). The Bertz CT molecular complexity index is 1390. The molecule has 11 heteroatoms. The minimum Gasteiger partial charge on any atom is -0.456 e. The summed E-state index contributed by atoms with van der Waals surface area (Å²) in [7, 11) is 1.55. The van der Waals surface area contributed by atoms with E-state index >= 15 is 0 Å². The van der Waals surface area contributed by atoms with E-state index in [0.29, 0.717) is 29.3 Å². The van der Waals surface area contributed by atoms with Gasteiger partial charge in [-0.15, -0.1) is 0 Å². The van der Waals surface area contributed by atoms with Gasteiger partial charge in [0, 0.05) is 25.1 Å². The van der Waals surface area contributed by atoms with Gasteiger partial charge in [0.2, 0.25) is 0 Å². The number of fused-ring (bicyclic) bond motifs is 1. The van der Waals surface area contributed by atoms with Gasteiger partial charge >= 0.3 is 6.09 Å². The third-order valence-electron chi connectivity index (χ3n) is 6.28. The number of hydrogen-bond acceptors (Lipinski definition) is 7. The summed E-state index contributed by atoms with van der Waals surface area (Å²) in [6.45, 7) is 3.85. The molecule has 0 N–H and O–H groups in total. The average molecular weight is 560 g/mol. The van der Waals surface area contributed by atoms with E-state index in [9.17, 15) is 14.4 Å². The van der Waals surface area contributed by atoms with Crippen molar-refractivity contribution in [3.05, 3.63) is 75.8 Å². The Hall–Kier alpha value is -3.40. The molecule has 38 heavy (non-hydrogen) atoms. The number of likely N-dealkylation sites (tertiary alicyclic amines) is 1. The minimum atomic E-state index is -0.529. The predicted octanol–water partition coefficient (Wildman–Crippen LogP) is 5.26. The van der Waals surface area contributed by atoms with Crippen LogP contribution in [0.5, 0.6) is 11.5 Å². The quantitative estimate of drug-likeness (QED) is 0.330. The Morgan fingerprint density at radius 1 is 1.21 bits per heavy atom. The molecular weight excluding hydrogens is 533 g/mol. The van der Waals surface area contributed by atoms with Gasteiger partial charge in [-0.1, -0.05) is 35.9 Å². The molecule has 0 unspecified atom stereocenters. The number of carbonyl (C=O) groups is 2. The summed E-state index contributed by atoms with van der Waals surface area (Å²) in [4.78, 5) is 44.8. The first-order valence-corrected chi connectivity index (χ1v) is 12.8. The Morgan fingerprint density at radius 2 is 1.97 bits per heavy atom. The maximum atomic E-state index is 13.3. The van der Waals surface area contributed by atoms with Gasteiger partial charge in [0.05, 0.1) is 40.9 Å². The zero-order chi connectivity index (χ0) is 27.2. The van der Waals surface area contributed by atoms with Crippen LogP contribution in [0, 0.1) is 0 Å². The van der Waals surface area contributed by atoms with Crippen LogP contribution in [0.4, 0.5) is 4.79 Å². The fourth-order valence-corrected chi connectivity index (χ4v) is 4.77. The number of hydrogen-bond donors (Lipinski definition) is 0. The molecule has 2 aromatic carbocycles. The van der Waals surface area contributed by atoms with E-state index in [2.05, 4.69) is 11.6 Å². The van der Waals surface area contributed by atoms with Crippen LogP contribution >= 0.6 is 23.2 Å². The molecule has 0 radical (unpaired) electrons. The molecule has 2 atom stereocenters. The number of piperidine rings is 1. The Labute approximate surface area is 229 Å². The van der Waals surface area contributed by atoms with Crippen molar-refractivity contribution in [3.8, 4) is 11.5 Å². The highest BCUT2D eigenvalue weighted by Crippen LogP contribution is 2.32. The molecule has 0 saturated carbocycles. The van der Waals surface area contributed by atoms with Crippen LogP contribution < -0.4 is 10.3 Å². The van der Waals surface area contributed by atoms with Gasteiger partial charge in [-0.2, -0.15) is 0 Å². The van der Waals surface area contributed by atoms with E-state index in [1.54, 1.807) is 31.4 Å². The SMILES string of the molecule is C=CCOC(=O)N1CCC[C@H](OC)[C@H]1CC(=O)Cn1cnc2cc(Cl)c(Oc3ccc(Cl)cc3)cc2c1=O. The number of ether oxygens (including phenoxy) is 3. The highest BCUT2D eigenvalue weighted by atomic mass is 35.5. The number of nitrogens with zero attached hydrogens (tertiary/aromatic N) is 3. The number of halogens is 2. The molecule has 0 spiro atoms. The average Bonchev–Trinajstić information content (AvgIpc) is 2.91. The predicted molar refractivity (Wildman–Crippen MR) is 144 cm³/mol. The van der Waals surface area contributed by atoms with E-state index in [1.165, 1.54) is 34.0 Å². The Kier molecular flexibility index (Phi) is 9.04. The van der Waals surface area contributed by atoms with Crippen LogP contribution in [0.1, 0.15) is 19.3 Å². The van der Waals surface area contributed by atoms with Gasteiger partial charge in [0.25, 0.3) is 5.56 Å². The van der Waals surface area contributed by atoms with E-state index in [1.807, 2.05) is 0 Å². The molecule has 1 saturated heterocycles. The summed E-state index contributed by atoms with van der Waals surface area (Å²) >= 11 is 12.3. The first-order chi connectivity index (χ1) is 18.3. The van der Waals surface area contributed by atoms with Crippen LogP contribution in [0.15, 0.2) is 60.2 Å². The van der Waals surface area contributed by atoms with E-state index < -0.39 is 17.7 Å². The van der Waals surface area contributed by atoms with Crippen molar-refractivity contribution < 1.29 is 23.8 Å². The summed E-state index contributed by atoms with van der Waals surface area (Å²) in [6, 6.07) is 9.23. The maximum absolute atomic E-state index is 13.3. The number of rotatable bonds is 9. The summed E-state index contributed by atoms with van der Waals surface area (Å²) < 4.78 is 17.8. The van der Waals surface area contributed by atoms with Crippen LogP contribution in [0.25, 0.3) is 10.9 Å². The maximum Gasteiger partial charge on any atom is 0.410 e. The lowest BCUT2D eigenvalue weighted by Crippen LogP contribution is -2.53. The molecule has 1 aliphatic rings. The van der Waals surface area contributed by atoms with E-state index in [-0.39, 0.29) is 47.6 Å². The molecular formula is C27H27Cl2N3O6. The van der Waals surface area contributed by atoms with Crippen molar-refractivity contribution in [2.45, 2.75) is 38.0 Å². The summed E-state index contributed by atoms with van der Waals surface area (Å²) in [5, 5.41) is 1.08. The lowest BCUT2D eigenvalue weighted by Gasteiger charge is -2.39. The lowest BCUT2D eigenvalue weighted by atomic mass is 9.94. The number of methoxy groups -OCH3 is 1. The summed E-state index contributed by atoms with van der Waals surface area (Å²) in [5.41, 5.74) is -0.0508. The van der Waals surface area contributed by atoms with Crippen molar-refractivity contribution in [3.63, 3.8) is 0 Å². The van der Waals surface area contributed by atoms with Gasteiger partial charge in [0.15, 0.2) is 5.78 Å². The van der Waals surface area contributed by atoms with Crippen LogP contribution in [-0.4, -0.2) is 58.7 Å². The standard InChI is InChI=1S/C27H27Cl2N3O6/c1-3-11-37-27(35)32-10-4-5-24(36-2)23(32)12-18(33)15-31-16-30-22-14-21(29)25(13-20(22)26(31)34)38-19-8-6-17(28)7-9-19/h3,6-9,13-14,16,23-24H,1,4-5,10-12,15H2,2H3/t23-,24+/m1/s1. The van der Waals surface area contributed by atoms with Crippen molar-refractivity contribution in [2.75, 3.05) is 20.3 Å². The molecule has 3 aromatic rings. The number of amides is 1. The molecule has 1 aliphatic heterocycles. The van der Waals surface area contributed by atoms with Crippen molar-refractivity contribution in [1.29, 1.82) is 0 Å². The molecule has 0 aliphatic carbocycles. The third kappa shape index (κ3) is 6.35. The highest BCUT2D eigenvalue weighted by Gasteiger charge is 2.36. The number of aromatic nitrogens is 2. The first-order valence-electron chi connectivity index (χ1n) is 12.0. The van der Waals surface area contributed by atoms with Crippen LogP contribution in [-0.2, 0) is 20.8 Å². The zero-order valence-electron chi connectivity index (χ0n) is 20.8. The van der Waals surface area contributed by atoms with Crippen molar-refractivity contribution >= 4 is 46.0 Å². The summed E-state index contributed by atoms with van der Waals surface area (Å²) in [5.74, 6) is 0.505. The van der Waals surface area contributed by atoms with Crippen molar-refractivity contribution in [1.82, 2.24) is 14.5 Å². The topological polar surface area (TPSA) is 100.0 Å².